The molecule has 4 nitrogen and oxygen atoms in total. The molecule has 2 aliphatic rings. The van der Waals surface area contributed by atoms with Crippen LogP contribution in [0.4, 0.5) is 14.9 Å². The Kier molecular flexibility index (Phi) is 5.72. The minimum absolute atomic E-state index is 0.0772. The molecule has 2 aliphatic heterocycles. The van der Waals surface area contributed by atoms with Crippen molar-refractivity contribution in [2.75, 3.05) is 38.0 Å². The van der Waals surface area contributed by atoms with Gasteiger partial charge in [0.15, 0.2) is 0 Å². The molecule has 1 atom stereocenters. The van der Waals surface area contributed by atoms with Crippen LogP contribution in [0.1, 0.15) is 32.6 Å². The van der Waals surface area contributed by atoms with E-state index in [0.29, 0.717) is 11.6 Å². The number of nitrogens with one attached hydrogen (secondary N) is 1. The number of nitrogens with zero attached hydrogens (tertiary/aromatic N) is 2. The zero-order chi connectivity index (χ0) is 16.9. The fourth-order valence-electron chi connectivity index (χ4n) is 3.87. The highest BCUT2D eigenvalue weighted by atomic mass is 19.1. The number of hydrogen-bond acceptors (Lipinski definition) is 2. The molecule has 1 N–H and O–H groups in total. The molecule has 132 valence electrons. The first kappa shape index (κ1) is 17.2. The van der Waals surface area contributed by atoms with Gasteiger partial charge in [0, 0.05) is 31.9 Å². The fraction of sp³-hybridized carbons (Fsp3) is 0.632. The van der Waals surface area contributed by atoms with Crippen LogP contribution < -0.4 is 5.32 Å². The molecule has 0 spiro atoms. The van der Waals surface area contributed by atoms with Gasteiger partial charge in [0.25, 0.3) is 0 Å². The number of rotatable bonds is 3. The van der Waals surface area contributed by atoms with Gasteiger partial charge in [-0.3, -0.25) is 0 Å². The van der Waals surface area contributed by atoms with Crippen molar-refractivity contribution in [3.05, 3.63) is 30.1 Å². The van der Waals surface area contributed by atoms with E-state index in [1.807, 2.05) is 4.90 Å². The number of piperidine rings is 2. The van der Waals surface area contributed by atoms with Crippen molar-refractivity contribution < 1.29 is 9.18 Å². The van der Waals surface area contributed by atoms with Crippen LogP contribution in [-0.4, -0.2) is 48.6 Å². The van der Waals surface area contributed by atoms with E-state index in [9.17, 15) is 9.18 Å². The van der Waals surface area contributed by atoms with Gasteiger partial charge in [-0.25, -0.2) is 9.18 Å². The van der Waals surface area contributed by atoms with E-state index in [0.717, 1.165) is 31.8 Å². The van der Waals surface area contributed by atoms with Gasteiger partial charge in [0.05, 0.1) is 0 Å². The van der Waals surface area contributed by atoms with Gasteiger partial charge in [0.2, 0.25) is 0 Å². The number of halogens is 1. The summed E-state index contributed by atoms with van der Waals surface area (Å²) in [5.41, 5.74) is 0.644. The standard InChI is InChI=1S/C19H28FN3O/c1-15-3-2-10-22(13-15)14-16-8-11-23(12-9-16)19(24)21-18-6-4-17(20)5-7-18/h4-7,15-16H,2-3,8-14H2,1H3,(H,21,24)/t15-/m1/s1. The summed E-state index contributed by atoms with van der Waals surface area (Å²) < 4.78 is 12.9. The molecule has 0 aromatic heterocycles. The van der Waals surface area contributed by atoms with Crippen LogP contribution in [-0.2, 0) is 0 Å². The van der Waals surface area contributed by atoms with Crippen molar-refractivity contribution in [3.63, 3.8) is 0 Å². The Morgan fingerprint density at radius 3 is 2.54 bits per heavy atom. The van der Waals surface area contributed by atoms with Crippen LogP contribution in [0.5, 0.6) is 0 Å². The lowest BCUT2D eigenvalue weighted by atomic mass is 9.94. The second-order valence-electron chi connectivity index (χ2n) is 7.37. The second-order valence-corrected chi connectivity index (χ2v) is 7.37. The topological polar surface area (TPSA) is 35.6 Å². The van der Waals surface area contributed by atoms with Gasteiger partial charge >= 0.3 is 6.03 Å². The fourth-order valence-corrected chi connectivity index (χ4v) is 3.87. The molecule has 2 saturated heterocycles. The van der Waals surface area contributed by atoms with E-state index in [2.05, 4.69) is 17.1 Å². The average Bonchev–Trinajstić information content (AvgIpc) is 2.57. The maximum Gasteiger partial charge on any atom is 0.321 e. The number of likely N-dealkylation sites (tertiary alicyclic amines) is 2. The third kappa shape index (κ3) is 4.69. The van der Waals surface area contributed by atoms with E-state index in [4.69, 9.17) is 0 Å². The number of hydrogen-bond donors (Lipinski definition) is 1. The summed E-state index contributed by atoms with van der Waals surface area (Å²) in [6.07, 6.45) is 4.82. The molecule has 0 bridgehead atoms. The van der Waals surface area contributed by atoms with Crippen LogP contribution in [0, 0.1) is 17.7 Å². The zero-order valence-electron chi connectivity index (χ0n) is 14.5. The van der Waals surface area contributed by atoms with E-state index in [1.165, 1.54) is 44.6 Å². The van der Waals surface area contributed by atoms with E-state index in [1.54, 1.807) is 12.1 Å². The summed E-state index contributed by atoms with van der Waals surface area (Å²) in [4.78, 5) is 16.8. The molecule has 2 heterocycles. The summed E-state index contributed by atoms with van der Waals surface area (Å²) in [6.45, 7) is 7.59. The lowest BCUT2D eigenvalue weighted by molar-refractivity contribution is 0.125. The van der Waals surface area contributed by atoms with Gasteiger partial charge < -0.3 is 15.1 Å². The van der Waals surface area contributed by atoms with Crippen molar-refractivity contribution in [1.29, 1.82) is 0 Å². The van der Waals surface area contributed by atoms with Crippen molar-refractivity contribution in [1.82, 2.24) is 9.80 Å². The smallest absolute Gasteiger partial charge is 0.321 e. The van der Waals surface area contributed by atoms with E-state index in [-0.39, 0.29) is 11.8 Å². The first-order valence-electron chi connectivity index (χ1n) is 9.14. The molecule has 2 fully saturated rings. The molecule has 1 aromatic rings. The minimum Gasteiger partial charge on any atom is -0.325 e. The van der Waals surface area contributed by atoms with Gasteiger partial charge in [-0.1, -0.05) is 6.92 Å². The van der Waals surface area contributed by atoms with Crippen molar-refractivity contribution >= 4 is 11.7 Å². The van der Waals surface area contributed by atoms with Crippen molar-refractivity contribution in [2.45, 2.75) is 32.6 Å². The highest BCUT2D eigenvalue weighted by Gasteiger charge is 2.25. The molecule has 0 unspecified atom stereocenters. The minimum atomic E-state index is -0.291. The SMILES string of the molecule is C[C@@H]1CCCN(CC2CCN(C(=O)Nc3ccc(F)cc3)CC2)C1. The molecule has 1 aromatic carbocycles. The molecule has 0 saturated carbocycles. The molecule has 0 aliphatic carbocycles. The number of carbonyl (C=O) groups is 1. The van der Waals surface area contributed by atoms with Gasteiger partial charge in [0.1, 0.15) is 5.82 Å². The first-order valence-corrected chi connectivity index (χ1v) is 9.14. The Labute approximate surface area is 144 Å². The monoisotopic (exact) mass is 333 g/mol. The van der Waals surface area contributed by atoms with Crippen LogP contribution in [0.2, 0.25) is 0 Å². The lowest BCUT2D eigenvalue weighted by Gasteiger charge is -2.37. The Morgan fingerprint density at radius 2 is 1.88 bits per heavy atom. The summed E-state index contributed by atoms with van der Waals surface area (Å²) in [5.74, 6) is 1.23. The van der Waals surface area contributed by atoms with Gasteiger partial charge in [-0.05, 0) is 68.3 Å². The predicted molar refractivity (Wildman–Crippen MR) is 94.6 cm³/mol. The number of anilines is 1. The lowest BCUT2D eigenvalue weighted by Crippen LogP contribution is -2.44. The summed E-state index contributed by atoms with van der Waals surface area (Å²) in [6, 6.07) is 5.84. The van der Waals surface area contributed by atoms with Crippen molar-refractivity contribution in [2.24, 2.45) is 11.8 Å². The Bertz CT molecular complexity index is 540. The highest BCUT2D eigenvalue weighted by molar-refractivity contribution is 5.89. The largest absolute Gasteiger partial charge is 0.325 e. The number of amides is 2. The predicted octanol–water partition coefficient (Wildman–Crippen LogP) is 3.80. The number of urea groups is 1. The molecule has 3 rings (SSSR count). The molecule has 2 amide bonds. The third-order valence-corrected chi connectivity index (χ3v) is 5.25. The first-order chi connectivity index (χ1) is 11.6. The van der Waals surface area contributed by atoms with E-state index >= 15 is 0 Å². The molecule has 0 radical (unpaired) electrons. The second kappa shape index (κ2) is 7.97. The molecular weight excluding hydrogens is 305 g/mol. The van der Waals surface area contributed by atoms with Crippen LogP contribution in [0.15, 0.2) is 24.3 Å². The molecule has 24 heavy (non-hydrogen) atoms. The maximum absolute atomic E-state index is 12.9. The maximum atomic E-state index is 12.9. The normalized spacial score (nSPS) is 23.2. The Morgan fingerprint density at radius 1 is 1.17 bits per heavy atom. The van der Waals surface area contributed by atoms with Gasteiger partial charge in [-0.15, -0.1) is 0 Å². The zero-order valence-corrected chi connectivity index (χ0v) is 14.5. The quantitative estimate of drug-likeness (QED) is 0.913. The Balaban J connectivity index is 1.42. The van der Waals surface area contributed by atoms with Crippen molar-refractivity contribution in [3.8, 4) is 0 Å². The average molecular weight is 333 g/mol. The van der Waals surface area contributed by atoms with Crippen LogP contribution in [0.25, 0.3) is 0 Å². The van der Waals surface area contributed by atoms with Crippen LogP contribution in [0.3, 0.4) is 0 Å². The molecular formula is C19H28FN3O. The van der Waals surface area contributed by atoms with E-state index < -0.39 is 0 Å². The Hall–Kier alpha value is -1.62. The highest BCUT2D eigenvalue weighted by Crippen LogP contribution is 2.23. The summed E-state index contributed by atoms with van der Waals surface area (Å²) >= 11 is 0. The van der Waals surface area contributed by atoms with Gasteiger partial charge in [-0.2, -0.15) is 0 Å². The molecule has 5 heteroatoms. The van der Waals surface area contributed by atoms with Crippen LogP contribution >= 0.6 is 0 Å². The third-order valence-electron chi connectivity index (χ3n) is 5.25. The number of benzene rings is 1. The summed E-state index contributed by atoms with van der Waals surface area (Å²) in [7, 11) is 0. The number of carbonyl (C=O) groups excluding carboxylic acids is 1. The summed E-state index contributed by atoms with van der Waals surface area (Å²) in [5, 5.41) is 2.85.